The van der Waals surface area contributed by atoms with Crippen LogP contribution < -0.4 is 10.2 Å². The normalized spacial score (nSPS) is 22.8. The number of benzene rings is 1. The summed E-state index contributed by atoms with van der Waals surface area (Å²) >= 11 is 0. The highest BCUT2D eigenvalue weighted by Crippen LogP contribution is 2.21. The number of rotatable bonds is 5. The predicted octanol–water partition coefficient (Wildman–Crippen LogP) is 3.18. The molecule has 1 aromatic carbocycles. The monoisotopic (exact) mass is 347 g/mol. The highest BCUT2D eigenvalue weighted by molar-refractivity contribution is 5.76. The van der Waals surface area contributed by atoms with E-state index in [0.717, 1.165) is 44.6 Å². The van der Waals surface area contributed by atoms with Crippen molar-refractivity contribution in [1.82, 2.24) is 10.2 Å². The summed E-state index contributed by atoms with van der Waals surface area (Å²) in [6.07, 6.45) is 7.30. The van der Waals surface area contributed by atoms with Crippen LogP contribution in [0.3, 0.4) is 0 Å². The van der Waals surface area contributed by atoms with Gasteiger partial charge in [0.2, 0.25) is 5.91 Å². The molecule has 0 saturated carbocycles. The Morgan fingerprint density at radius 1 is 1.12 bits per heavy atom. The molecule has 0 unspecified atom stereocenters. The fraction of sp³-hybridized carbons (Fsp3) is 0.650. The average molecular weight is 347 g/mol. The topological polar surface area (TPSA) is 35.6 Å². The van der Waals surface area contributed by atoms with Crippen molar-refractivity contribution < 1.29 is 9.18 Å². The maximum atomic E-state index is 13.0. The van der Waals surface area contributed by atoms with E-state index in [1.165, 1.54) is 31.4 Å². The van der Waals surface area contributed by atoms with Crippen molar-refractivity contribution >= 4 is 11.6 Å². The van der Waals surface area contributed by atoms with Gasteiger partial charge in [-0.15, -0.1) is 0 Å². The van der Waals surface area contributed by atoms with Crippen molar-refractivity contribution in [3.05, 3.63) is 30.1 Å². The molecule has 1 atom stereocenters. The Bertz CT molecular complexity index is 555. The van der Waals surface area contributed by atoms with Crippen LogP contribution in [-0.2, 0) is 4.79 Å². The molecule has 138 valence electrons. The number of halogens is 1. The van der Waals surface area contributed by atoms with Gasteiger partial charge in [0.25, 0.3) is 0 Å². The smallest absolute Gasteiger partial charge is 0.220 e. The molecule has 5 heteroatoms. The summed E-state index contributed by atoms with van der Waals surface area (Å²) < 4.78 is 13.0. The average Bonchev–Trinajstić information content (AvgIpc) is 2.62. The Labute approximate surface area is 150 Å². The quantitative estimate of drug-likeness (QED) is 0.889. The zero-order valence-corrected chi connectivity index (χ0v) is 15.2. The number of nitrogens with zero attached hydrogens (tertiary/aromatic N) is 2. The first-order valence-corrected chi connectivity index (χ1v) is 9.62. The number of piperidine rings is 2. The lowest BCUT2D eigenvalue weighted by Gasteiger charge is -2.34. The van der Waals surface area contributed by atoms with Crippen LogP contribution in [0.1, 0.15) is 44.9 Å². The summed E-state index contributed by atoms with van der Waals surface area (Å²) in [6.45, 7) is 2.97. The minimum atomic E-state index is -0.200. The maximum absolute atomic E-state index is 13.0. The molecule has 1 N–H and O–H groups in total. The van der Waals surface area contributed by atoms with Crippen molar-refractivity contribution in [2.24, 2.45) is 0 Å². The van der Waals surface area contributed by atoms with Crippen LogP contribution in [-0.4, -0.2) is 49.6 Å². The van der Waals surface area contributed by atoms with Crippen LogP contribution in [0.25, 0.3) is 0 Å². The minimum Gasteiger partial charge on any atom is -0.371 e. The molecule has 2 fully saturated rings. The van der Waals surface area contributed by atoms with Crippen LogP contribution in [0.15, 0.2) is 24.3 Å². The van der Waals surface area contributed by atoms with Crippen LogP contribution >= 0.6 is 0 Å². The van der Waals surface area contributed by atoms with Crippen molar-refractivity contribution in [3.63, 3.8) is 0 Å². The lowest BCUT2D eigenvalue weighted by molar-refractivity contribution is -0.122. The van der Waals surface area contributed by atoms with Crippen molar-refractivity contribution in [2.75, 3.05) is 31.6 Å². The van der Waals surface area contributed by atoms with Gasteiger partial charge in [-0.2, -0.15) is 0 Å². The first-order chi connectivity index (χ1) is 12.1. The zero-order valence-electron chi connectivity index (χ0n) is 15.2. The summed E-state index contributed by atoms with van der Waals surface area (Å²) in [6, 6.07) is 7.51. The highest BCUT2D eigenvalue weighted by atomic mass is 19.1. The van der Waals surface area contributed by atoms with Gasteiger partial charge in [-0.1, -0.05) is 6.42 Å². The highest BCUT2D eigenvalue weighted by Gasteiger charge is 2.23. The third-order valence-electron chi connectivity index (χ3n) is 5.68. The molecule has 0 bridgehead atoms. The molecule has 0 aliphatic carbocycles. The second-order valence-electron chi connectivity index (χ2n) is 7.47. The van der Waals surface area contributed by atoms with E-state index in [0.29, 0.717) is 12.5 Å². The molecule has 1 amide bonds. The fourth-order valence-electron chi connectivity index (χ4n) is 4.04. The molecule has 25 heavy (non-hydrogen) atoms. The molecule has 3 rings (SSSR count). The summed E-state index contributed by atoms with van der Waals surface area (Å²) in [5, 5.41) is 3.21. The standard InChI is InChI=1S/C20H30FN3O/c1-23-13-3-2-4-18(23)9-10-20(25)22-17-11-14-24(15-12-17)19-7-5-16(21)6-8-19/h5-8,17-18H,2-4,9-15H2,1H3,(H,22,25)/t18-/m0/s1. The SMILES string of the molecule is CN1CCCC[C@H]1CCC(=O)NC1CCN(c2ccc(F)cc2)CC1. The van der Waals surface area contributed by atoms with Gasteiger partial charge in [0.05, 0.1) is 0 Å². The van der Waals surface area contributed by atoms with E-state index in [-0.39, 0.29) is 17.8 Å². The van der Waals surface area contributed by atoms with Crippen LogP contribution in [0.4, 0.5) is 10.1 Å². The first kappa shape index (κ1) is 18.2. The molecule has 2 saturated heterocycles. The molecule has 0 radical (unpaired) electrons. The van der Waals surface area contributed by atoms with Gasteiger partial charge in [0, 0.05) is 37.3 Å². The molecular weight excluding hydrogens is 317 g/mol. The lowest BCUT2D eigenvalue weighted by atomic mass is 9.98. The van der Waals surface area contributed by atoms with Gasteiger partial charge in [-0.3, -0.25) is 4.79 Å². The lowest BCUT2D eigenvalue weighted by Crippen LogP contribution is -2.45. The van der Waals surface area contributed by atoms with E-state index < -0.39 is 0 Å². The fourth-order valence-corrected chi connectivity index (χ4v) is 4.04. The largest absolute Gasteiger partial charge is 0.371 e. The van der Waals surface area contributed by atoms with Crippen molar-refractivity contribution in [2.45, 2.75) is 57.0 Å². The number of amides is 1. The van der Waals surface area contributed by atoms with Gasteiger partial charge in [-0.05, 0) is 70.0 Å². The Balaban J connectivity index is 1.38. The number of likely N-dealkylation sites (tertiary alicyclic amines) is 1. The van der Waals surface area contributed by atoms with Gasteiger partial charge < -0.3 is 15.1 Å². The van der Waals surface area contributed by atoms with Crippen molar-refractivity contribution in [3.8, 4) is 0 Å². The van der Waals surface area contributed by atoms with Gasteiger partial charge in [-0.25, -0.2) is 4.39 Å². The van der Waals surface area contributed by atoms with Crippen LogP contribution in [0.2, 0.25) is 0 Å². The molecule has 2 heterocycles. The minimum absolute atomic E-state index is 0.194. The van der Waals surface area contributed by atoms with E-state index in [1.807, 2.05) is 12.1 Å². The van der Waals surface area contributed by atoms with Crippen LogP contribution in [0, 0.1) is 5.82 Å². The number of carbonyl (C=O) groups excluding carboxylic acids is 1. The molecule has 2 aliphatic rings. The third-order valence-corrected chi connectivity index (χ3v) is 5.68. The molecule has 2 aliphatic heterocycles. The molecule has 4 nitrogen and oxygen atoms in total. The Kier molecular flexibility index (Phi) is 6.29. The summed E-state index contributed by atoms with van der Waals surface area (Å²) in [5.74, 6) is -0.00582. The predicted molar refractivity (Wildman–Crippen MR) is 99.3 cm³/mol. The van der Waals surface area contributed by atoms with E-state index >= 15 is 0 Å². The van der Waals surface area contributed by atoms with Crippen LogP contribution in [0.5, 0.6) is 0 Å². The maximum Gasteiger partial charge on any atom is 0.220 e. The Morgan fingerprint density at radius 3 is 2.52 bits per heavy atom. The molecule has 0 spiro atoms. The molecule has 0 aromatic heterocycles. The number of carbonyl (C=O) groups is 1. The Hall–Kier alpha value is -1.62. The first-order valence-electron chi connectivity index (χ1n) is 9.62. The van der Waals surface area contributed by atoms with Gasteiger partial charge in [0.1, 0.15) is 5.82 Å². The molecule has 1 aromatic rings. The molecular formula is C20H30FN3O. The Morgan fingerprint density at radius 2 is 1.84 bits per heavy atom. The number of nitrogens with one attached hydrogen (secondary N) is 1. The number of anilines is 1. The van der Waals surface area contributed by atoms with Gasteiger partial charge in [0.15, 0.2) is 0 Å². The van der Waals surface area contributed by atoms with Gasteiger partial charge >= 0.3 is 0 Å². The summed E-state index contributed by atoms with van der Waals surface area (Å²) in [7, 11) is 2.17. The van der Waals surface area contributed by atoms with E-state index in [2.05, 4.69) is 22.2 Å². The van der Waals surface area contributed by atoms with Crippen molar-refractivity contribution in [1.29, 1.82) is 0 Å². The summed E-state index contributed by atoms with van der Waals surface area (Å²) in [5.41, 5.74) is 1.06. The van der Waals surface area contributed by atoms with E-state index in [4.69, 9.17) is 0 Å². The second-order valence-corrected chi connectivity index (χ2v) is 7.47. The number of hydrogen-bond donors (Lipinski definition) is 1. The van der Waals surface area contributed by atoms with E-state index in [9.17, 15) is 9.18 Å². The van der Waals surface area contributed by atoms with E-state index in [1.54, 1.807) is 0 Å². The third kappa shape index (κ3) is 5.18. The number of hydrogen-bond acceptors (Lipinski definition) is 3. The second kappa shape index (κ2) is 8.65. The zero-order chi connectivity index (χ0) is 17.6. The summed E-state index contributed by atoms with van der Waals surface area (Å²) in [4.78, 5) is 16.9.